The molecule has 0 N–H and O–H groups in total. The second kappa shape index (κ2) is 9.50. The molecule has 0 aliphatic carbocycles. The predicted octanol–water partition coefficient (Wildman–Crippen LogP) is 6.58. The maximum atomic E-state index is 5.89. The van der Waals surface area contributed by atoms with Crippen LogP contribution in [0.3, 0.4) is 0 Å². The number of allylic oxidation sites excluding steroid dienone is 2. The van der Waals surface area contributed by atoms with E-state index in [2.05, 4.69) is 58.5 Å². The summed E-state index contributed by atoms with van der Waals surface area (Å²) >= 11 is 0. The third kappa shape index (κ3) is 5.71. The van der Waals surface area contributed by atoms with Crippen molar-refractivity contribution in [1.82, 2.24) is 0 Å². The molecule has 0 heterocycles. The summed E-state index contributed by atoms with van der Waals surface area (Å²) in [5, 5.41) is 0. The molecule has 0 radical (unpaired) electrons. The van der Waals surface area contributed by atoms with Crippen molar-refractivity contribution in [2.75, 3.05) is 6.61 Å². The highest BCUT2D eigenvalue weighted by Gasteiger charge is 2.11. The second-order valence-electron chi connectivity index (χ2n) is 6.28. The minimum Gasteiger partial charge on any atom is -0.489 e. The maximum absolute atomic E-state index is 5.89. The van der Waals surface area contributed by atoms with Crippen LogP contribution in [0, 0.1) is 6.92 Å². The van der Waals surface area contributed by atoms with Crippen molar-refractivity contribution in [3.8, 4) is 5.75 Å². The fourth-order valence-electron chi connectivity index (χ4n) is 2.69. The molecule has 0 unspecified atom stereocenters. The molecular weight excluding hydrogens is 268 g/mol. The SMILES string of the molecule is C=C(C)/C(C)=C\COc1ccc(C(CCC)CCC)cc1C. The number of ether oxygens (including phenoxy) is 1. The van der Waals surface area contributed by atoms with Crippen LogP contribution in [0.25, 0.3) is 0 Å². The summed E-state index contributed by atoms with van der Waals surface area (Å²) in [6, 6.07) is 6.68. The quantitative estimate of drug-likeness (QED) is 0.468. The zero-order chi connectivity index (χ0) is 16.5. The highest BCUT2D eigenvalue weighted by Crippen LogP contribution is 2.30. The molecule has 0 aliphatic rings. The number of benzene rings is 1. The van der Waals surface area contributed by atoms with Crippen molar-refractivity contribution in [2.45, 2.75) is 66.2 Å². The van der Waals surface area contributed by atoms with Gasteiger partial charge < -0.3 is 4.74 Å². The molecule has 0 bridgehead atoms. The van der Waals surface area contributed by atoms with Gasteiger partial charge in [0.2, 0.25) is 0 Å². The van der Waals surface area contributed by atoms with Crippen molar-refractivity contribution >= 4 is 0 Å². The highest BCUT2D eigenvalue weighted by molar-refractivity contribution is 5.38. The first-order chi connectivity index (χ1) is 10.5. The molecular formula is C21H32O. The van der Waals surface area contributed by atoms with Crippen LogP contribution in [0.2, 0.25) is 0 Å². The zero-order valence-corrected chi connectivity index (χ0v) is 15.0. The average molecular weight is 300 g/mol. The van der Waals surface area contributed by atoms with E-state index in [1.165, 1.54) is 42.4 Å². The summed E-state index contributed by atoms with van der Waals surface area (Å²) in [6.45, 7) is 15.3. The van der Waals surface area contributed by atoms with E-state index in [9.17, 15) is 0 Å². The molecule has 0 fully saturated rings. The molecule has 0 amide bonds. The van der Waals surface area contributed by atoms with Crippen LogP contribution in [-0.2, 0) is 0 Å². The van der Waals surface area contributed by atoms with Gasteiger partial charge in [0.05, 0.1) is 0 Å². The number of aryl methyl sites for hydroxylation is 1. The van der Waals surface area contributed by atoms with Crippen LogP contribution in [0.4, 0.5) is 0 Å². The van der Waals surface area contributed by atoms with Crippen LogP contribution >= 0.6 is 0 Å². The van der Waals surface area contributed by atoms with Crippen molar-refractivity contribution < 1.29 is 4.74 Å². The van der Waals surface area contributed by atoms with Gasteiger partial charge in [-0.25, -0.2) is 0 Å². The Kier molecular flexibility index (Phi) is 8.01. The van der Waals surface area contributed by atoms with E-state index in [-0.39, 0.29) is 0 Å². The van der Waals surface area contributed by atoms with E-state index in [0.29, 0.717) is 12.5 Å². The Morgan fingerprint density at radius 3 is 2.32 bits per heavy atom. The van der Waals surface area contributed by atoms with Gasteiger partial charge in [-0.3, -0.25) is 0 Å². The molecule has 1 heteroatoms. The topological polar surface area (TPSA) is 9.23 Å². The molecule has 0 aromatic heterocycles. The van der Waals surface area contributed by atoms with E-state index >= 15 is 0 Å². The first kappa shape index (κ1) is 18.5. The van der Waals surface area contributed by atoms with Crippen molar-refractivity contribution in [2.24, 2.45) is 0 Å². The van der Waals surface area contributed by atoms with Crippen LogP contribution in [0.1, 0.15) is 70.4 Å². The van der Waals surface area contributed by atoms with E-state index in [0.717, 1.165) is 11.3 Å². The van der Waals surface area contributed by atoms with Gasteiger partial charge in [-0.1, -0.05) is 51.0 Å². The molecule has 1 nitrogen and oxygen atoms in total. The van der Waals surface area contributed by atoms with E-state index in [4.69, 9.17) is 4.74 Å². The number of hydrogen-bond donors (Lipinski definition) is 0. The summed E-state index contributed by atoms with van der Waals surface area (Å²) in [6.07, 6.45) is 7.12. The van der Waals surface area contributed by atoms with Crippen LogP contribution in [0.5, 0.6) is 5.75 Å². The Morgan fingerprint density at radius 2 is 1.82 bits per heavy atom. The van der Waals surface area contributed by atoms with Crippen LogP contribution in [0.15, 0.2) is 42.0 Å². The summed E-state index contributed by atoms with van der Waals surface area (Å²) in [4.78, 5) is 0. The Hall–Kier alpha value is -1.50. The summed E-state index contributed by atoms with van der Waals surface area (Å²) in [5.74, 6) is 1.68. The largest absolute Gasteiger partial charge is 0.489 e. The third-order valence-corrected chi connectivity index (χ3v) is 4.25. The fourth-order valence-corrected chi connectivity index (χ4v) is 2.69. The molecule has 0 spiro atoms. The summed E-state index contributed by atoms with van der Waals surface area (Å²) < 4.78 is 5.89. The summed E-state index contributed by atoms with van der Waals surface area (Å²) in [5.41, 5.74) is 4.98. The van der Waals surface area contributed by atoms with Crippen LogP contribution in [-0.4, -0.2) is 6.61 Å². The monoisotopic (exact) mass is 300 g/mol. The van der Waals surface area contributed by atoms with Crippen molar-refractivity contribution in [3.63, 3.8) is 0 Å². The van der Waals surface area contributed by atoms with Gasteiger partial charge in [-0.05, 0) is 68.4 Å². The van der Waals surface area contributed by atoms with Gasteiger partial charge in [0.1, 0.15) is 12.4 Å². The minimum atomic E-state index is 0.603. The van der Waals surface area contributed by atoms with Gasteiger partial charge in [0, 0.05) is 0 Å². The van der Waals surface area contributed by atoms with Crippen LogP contribution < -0.4 is 4.74 Å². The molecule has 1 aromatic rings. The maximum Gasteiger partial charge on any atom is 0.122 e. The molecule has 22 heavy (non-hydrogen) atoms. The lowest BCUT2D eigenvalue weighted by atomic mass is 9.89. The fraction of sp³-hybridized carbons (Fsp3) is 0.524. The average Bonchev–Trinajstić information content (AvgIpc) is 2.48. The first-order valence-electron chi connectivity index (χ1n) is 8.55. The number of hydrogen-bond acceptors (Lipinski definition) is 1. The Bertz CT molecular complexity index is 505. The standard InChI is InChI=1S/C21H32O/c1-7-9-19(10-8-2)20-11-12-21(18(6)15-20)22-14-13-17(5)16(3)4/h11-13,15,19H,3,7-10,14H2,1-2,4-6H3/b17-13-. The smallest absolute Gasteiger partial charge is 0.122 e. The predicted molar refractivity (Wildman–Crippen MR) is 97.8 cm³/mol. The van der Waals surface area contributed by atoms with Crippen molar-refractivity contribution in [1.29, 1.82) is 0 Å². The lowest BCUT2D eigenvalue weighted by Crippen LogP contribution is -2.01. The van der Waals surface area contributed by atoms with Gasteiger partial charge in [-0.15, -0.1) is 0 Å². The second-order valence-corrected chi connectivity index (χ2v) is 6.28. The normalized spacial score (nSPS) is 11.8. The van der Waals surface area contributed by atoms with E-state index < -0.39 is 0 Å². The minimum absolute atomic E-state index is 0.603. The lowest BCUT2D eigenvalue weighted by Gasteiger charge is -2.17. The zero-order valence-electron chi connectivity index (χ0n) is 15.0. The number of rotatable bonds is 9. The molecule has 1 rings (SSSR count). The van der Waals surface area contributed by atoms with Gasteiger partial charge in [0.25, 0.3) is 0 Å². The van der Waals surface area contributed by atoms with Crippen molar-refractivity contribution in [3.05, 3.63) is 53.1 Å². The summed E-state index contributed by atoms with van der Waals surface area (Å²) in [7, 11) is 0. The molecule has 0 saturated carbocycles. The van der Waals surface area contributed by atoms with E-state index in [1.807, 2.05) is 6.92 Å². The van der Waals surface area contributed by atoms with Gasteiger partial charge in [-0.2, -0.15) is 0 Å². The third-order valence-electron chi connectivity index (χ3n) is 4.25. The van der Waals surface area contributed by atoms with Gasteiger partial charge in [0.15, 0.2) is 0 Å². The molecule has 0 atom stereocenters. The Morgan fingerprint density at radius 1 is 1.18 bits per heavy atom. The lowest BCUT2D eigenvalue weighted by molar-refractivity contribution is 0.359. The van der Waals surface area contributed by atoms with E-state index in [1.54, 1.807) is 0 Å². The van der Waals surface area contributed by atoms with Gasteiger partial charge >= 0.3 is 0 Å². The Labute approximate surface area is 137 Å². The molecule has 1 aromatic carbocycles. The highest BCUT2D eigenvalue weighted by atomic mass is 16.5. The molecule has 0 aliphatic heterocycles. The molecule has 0 saturated heterocycles. The first-order valence-corrected chi connectivity index (χ1v) is 8.55. The molecule has 122 valence electrons. The Balaban J connectivity index is 2.76.